The molecule has 0 bridgehead atoms. The van der Waals surface area contributed by atoms with Gasteiger partial charge in [-0.05, 0) is 28.1 Å². The fraction of sp³-hybridized carbons (Fsp3) is 0.125. The van der Waals surface area contributed by atoms with Crippen molar-refractivity contribution < 1.29 is 9.21 Å². The van der Waals surface area contributed by atoms with Crippen LogP contribution in [0, 0.1) is 0 Å². The molecule has 0 aliphatic heterocycles. The van der Waals surface area contributed by atoms with Gasteiger partial charge in [0.15, 0.2) is 10.4 Å². The maximum Gasteiger partial charge on any atom is 0.287 e. The molecule has 12 heavy (non-hydrogen) atoms. The molecule has 3 nitrogen and oxygen atoms in total. The number of amides is 1. The number of rotatable bonds is 3. The zero-order valence-electron chi connectivity index (χ0n) is 6.34. The van der Waals surface area contributed by atoms with Gasteiger partial charge in [0.25, 0.3) is 5.91 Å². The van der Waals surface area contributed by atoms with E-state index in [1.807, 2.05) is 0 Å². The van der Waals surface area contributed by atoms with Gasteiger partial charge in [0.1, 0.15) is 0 Å². The van der Waals surface area contributed by atoms with Gasteiger partial charge in [0.05, 0.1) is 0 Å². The second-order valence-electron chi connectivity index (χ2n) is 2.10. The van der Waals surface area contributed by atoms with E-state index in [9.17, 15) is 4.79 Å². The van der Waals surface area contributed by atoms with Crippen molar-refractivity contribution in [3.05, 3.63) is 35.2 Å². The molecule has 0 saturated carbocycles. The van der Waals surface area contributed by atoms with E-state index in [1.165, 1.54) is 0 Å². The first-order valence-electron chi connectivity index (χ1n) is 3.38. The first-order valence-corrected chi connectivity index (χ1v) is 4.18. The average molecular weight is 230 g/mol. The smallest absolute Gasteiger partial charge is 0.287 e. The minimum absolute atomic E-state index is 0.236. The second kappa shape index (κ2) is 4.11. The highest BCUT2D eigenvalue weighted by molar-refractivity contribution is 9.10. The molecular weight excluding hydrogens is 222 g/mol. The summed E-state index contributed by atoms with van der Waals surface area (Å²) in [5.74, 6) is 0.0596. The molecule has 0 spiro atoms. The van der Waals surface area contributed by atoms with Gasteiger partial charge in [-0.1, -0.05) is 6.08 Å². The summed E-state index contributed by atoms with van der Waals surface area (Å²) < 4.78 is 5.56. The predicted octanol–water partition coefficient (Wildman–Crippen LogP) is 1.96. The molecule has 0 aromatic carbocycles. The highest BCUT2D eigenvalue weighted by Crippen LogP contribution is 2.13. The van der Waals surface area contributed by atoms with Crippen molar-refractivity contribution >= 4 is 21.8 Å². The van der Waals surface area contributed by atoms with E-state index < -0.39 is 0 Å². The van der Waals surface area contributed by atoms with Crippen LogP contribution >= 0.6 is 15.9 Å². The van der Waals surface area contributed by atoms with Crippen LogP contribution in [0.15, 0.2) is 33.9 Å². The molecule has 1 amide bonds. The number of furan rings is 1. The van der Waals surface area contributed by atoms with Gasteiger partial charge in [0.2, 0.25) is 0 Å². The molecule has 1 heterocycles. The standard InChI is InChI=1S/C8H8BrNO2/c1-2-5-10-8(11)6-3-4-7(9)12-6/h2-4H,1,5H2,(H,10,11). The minimum Gasteiger partial charge on any atom is -0.444 e. The van der Waals surface area contributed by atoms with Crippen LogP contribution in [0.1, 0.15) is 10.6 Å². The highest BCUT2D eigenvalue weighted by Gasteiger charge is 2.07. The van der Waals surface area contributed by atoms with Gasteiger partial charge >= 0.3 is 0 Å². The van der Waals surface area contributed by atoms with Crippen molar-refractivity contribution in [2.75, 3.05) is 6.54 Å². The maximum absolute atomic E-state index is 11.1. The third-order valence-electron chi connectivity index (χ3n) is 1.20. The van der Waals surface area contributed by atoms with Gasteiger partial charge in [0, 0.05) is 6.54 Å². The van der Waals surface area contributed by atoms with E-state index >= 15 is 0 Å². The number of halogens is 1. The largest absolute Gasteiger partial charge is 0.444 e. The van der Waals surface area contributed by atoms with Crippen LogP contribution in [0.5, 0.6) is 0 Å². The number of carbonyl (C=O) groups is 1. The molecule has 1 rings (SSSR count). The molecular formula is C8H8BrNO2. The van der Waals surface area contributed by atoms with Crippen molar-refractivity contribution in [1.29, 1.82) is 0 Å². The monoisotopic (exact) mass is 229 g/mol. The average Bonchev–Trinajstić information content (AvgIpc) is 2.47. The molecule has 0 fully saturated rings. The Balaban J connectivity index is 2.59. The SMILES string of the molecule is C=CCNC(=O)c1ccc(Br)o1. The molecule has 1 aromatic rings. The van der Waals surface area contributed by atoms with Crippen LogP contribution in [-0.4, -0.2) is 12.5 Å². The molecule has 0 saturated heterocycles. The van der Waals surface area contributed by atoms with Crippen LogP contribution in [-0.2, 0) is 0 Å². The molecule has 0 unspecified atom stereocenters. The Kier molecular flexibility index (Phi) is 3.10. The summed E-state index contributed by atoms with van der Waals surface area (Å²) in [6.45, 7) is 3.92. The number of hydrogen-bond acceptors (Lipinski definition) is 2. The lowest BCUT2D eigenvalue weighted by molar-refractivity contribution is 0.0929. The Labute approximate surface area is 78.6 Å². The van der Waals surface area contributed by atoms with E-state index in [1.54, 1.807) is 18.2 Å². The van der Waals surface area contributed by atoms with Crippen molar-refractivity contribution in [1.82, 2.24) is 5.32 Å². The number of nitrogens with one attached hydrogen (secondary N) is 1. The summed E-state index contributed by atoms with van der Waals surface area (Å²) in [6.07, 6.45) is 1.61. The van der Waals surface area contributed by atoms with Crippen LogP contribution in [0.2, 0.25) is 0 Å². The summed E-state index contributed by atoms with van der Waals surface area (Å²) in [5, 5.41) is 2.59. The Morgan fingerprint density at radius 3 is 3.00 bits per heavy atom. The summed E-state index contributed by atoms with van der Waals surface area (Å²) >= 11 is 3.10. The molecule has 0 aliphatic rings. The van der Waals surface area contributed by atoms with Crippen molar-refractivity contribution in [3.8, 4) is 0 Å². The number of carbonyl (C=O) groups excluding carboxylic acids is 1. The van der Waals surface area contributed by atoms with E-state index in [0.29, 0.717) is 17.0 Å². The quantitative estimate of drug-likeness (QED) is 0.806. The maximum atomic E-state index is 11.1. The van der Waals surface area contributed by atoms with Crippen molar-refractivity contribution in [3.63, 3.8) is 0 Å². The summed E-state index contributed by atoms with van der Waals surface area (Å²) in [7, 11) is 0. The van der Waals surface area contributed by atoms with E-state index in [2.05, 4.69) is 27.8 Å². The van der Waals surface area contributed by atoms with Crippen LogP contribution in [0.25, 0.3) is 0 Å². The molecule has 0 aliphatic carbocycles. The third-order valence-corrected chi connectivity index (χ3v) is 1.63. The van der Waals surface area contributed by atoms with Crippen molar-refractivity contribution in [2.24, 2.45) is 0 Å². The second-order valence-corrected chi connectivity index (χ2v) is 2.88. The molecule has 1 aromatic heterocycles. The van der Waals surface area contributed by atoms with Gasteiger partial charge < -0.3 is 9.73 Å². The summed E-state index contributed by atoms with van der Waals surface area (Å²) in [6, 6.07) is 3.27. The number of hydrogen-bond donors (Lipinski definition) is 1. The van der Waals surface area contributed by atoms with Crippen LogP contribution in [0.3, 0.4) is 0 Å². The molecule has 0 radical (unpaired) electrons. The Hall–Kier alpha value is -1.03. The lowest BCUT2D eigenvalue weighted by atomic mass is 10.4. The van der Waals surface area contributed by atoms with E-state index in [-0.39, 0.29) is 5.91 Å². The fourth-order valence-electron chi connectivity index (χ4n) is 0.688. The fourth-order valence-corrected chi connectivity index (χ4v) is 0.995. The molecule has 1 N–H and O–H groups in total. The van der Waals surface area contributed by atoms with Crippen LogP contribution in [0.4, 0.5) is 0 Å². The first kappa shape index (κ1) is 9.06. The van der Waals surface area contributed by atoms with E-state index in [0.717, 1.165) is 0 Å². The Bertz CT molecular complexity index is 293. The van der Waals surface area contributed by atoms with Gasteiger partial charge in [-0.2, -0.15) is 0 Å². The third kappa shape index (κ3) is 2.23. The first-order chi connectivity index (χ1) is 5.74. The minimum atomic E-state index is -0.236. The van der Waals surface area contributed by atoms with E-state index in [4.69, 9.17) is 4.42 Å². The lowest BCUT2D eigenvalue weighted by Crippen LogP contribution is -2.22. The van der Waals surface area contributed by atoms with Gasteiger partial charge in [-0.25, -0.2) is 0 Å². The van der Waals surface area contributed by atoms with Gasteiger partial charge in [-0.3, -0.25) is 4.79 Å². The molecule has 0 atom stereocenters. The predicted molar refractivity (Wildman–Crippen MR) is 48.9 cm³/mol. The normalized spacial score (nSPS) is 9.42. The van der Waals surface area contributed by atoms with Crippen molar-refractivity contribution in [2.45, 2.75) is 0 Å². The van der Waals surface area contributed by atoms with Crippen LogP contribution < -0.4 is 5.32 Å². The topological polar surface area (TPSA) is 42.2 Å². The molecule has 64 valence electrons. The van der Waals surface area contributed by atoms with Gasteiger partial charge in [-0.15, -0.1) is 6.58 Å². The summed E-state index contributed by atoms with van der Waals surface area (Å²) in [5.41, 5.74) is 0. The zero-order chi connectivity index (χ0) is 8.97. The summed E-state index contributed by atoms with van der Waals surface area (Å²) in [4.78, 5) is 11.1. The Morgan fingerprint density at radius 1 is 1.75 bits per heavy atom. The highest BCUT2D eigenvalue weighted by atomic mass is 79.9. The molecule has 4 heteroatoms. The zero-order valence-corrected chi connectivity index (χ0v) is 7.93. The Morgan fingerprint density at radius 2 is 2.50 bits per heavy atom. The lowest BCUT2D eigenvalue weighted by Gasteiger charge is -1.96.